The summed E-state index contributed by atoms with van der Waals surface area (Å²) >= 11 is 1.69. The van der Waals surface area contributed by atoms with Gasteiger partial charge in [-0.25, -0.2) is 0 Å². The minimum atomic E-state index is 0.235. The molecule has 0 bridgehead atoms. The number of hydrogen-bond donors (Lipinski definition) is 1. The molecule has 2 rings (SSSR count). The van der Waals surface area contributed by atoms with Crippen molar-refractivity contribution in [3.63, 3.8) is 0 Å². The highest BCUT2D eigenvalue weighted by molar-refractivity contribution is 7.98. The second-order valence-electron chi connectivity index (χ2n) is 4.77. The lowest BCUT2D eigenvalue weighted by atomic mass is 10.0. The minimum absolute atomic E-state index is 0.235. The van der Waals surface area contributed by atoms with Gasteiger partial charge in [0.05, 0.1) is 0 Å². The quantitative estimate of drug-likeness (QED) is 0.796. The lowest BCUT2D eigenvalue weighted by Crippen LogP contribution is -2.21. The first kappa shape index (κ1) is 14.9. The first-order valence-corrected chi connectivity index (χ1v) is 8.10. The molecule has 2 aromatic carbocycles. The molecule has 1 unspecified atom stereocenters. The predicted molar refractivity (Wildman–Crippen MR) is 86.7 cm³/mol. The molecule has 0 amide bonds. The van der Waals surface area contributed by atoms with Gasteiger partial charge in [0.2, 0.25) is 0 Å². The van der Waals surface area contributed by atoms with E-state index in [0.717, 1.165) is 29.2 Å². The molecule has 0 aliphatic carbocycles. The average Bonchev–Trinajstić information content (AvgIpc) is 2.49. The molecule has 0 aliphatic rings. The van der Waals surface area contributed by atoms with Crippen molar-refractivity contribution in [2.24, 2.45) is 5.73 Å². The maximum atomic E-state index is 5.97. The topological polar surface area (TPSA) is 35.2 Å². The van der Waals surface area contributed by atoms with Crippen LogP contribution in [0.25, 0.3) is 0 Å². The molecule has 1 atom stereocenters. The normalized spacial score (nSPS) is 12.2. The van der Waals surface area contributed by atoms with Crippen molar-refractivity contribution in [1.82, 2.24) is 0 Å². The summed E-state index contributed by atoms with van der Waals surface area (Å²) < 4.78 is 5.93. The summed E-state index contributed by atoms with van der Waals surface area (Å²) in [5.41, 5.74) is 7.22. The van der Waals surface area contributed by atoms with E-state index >= 15 is 0 Å². The standard InChI is InChI=1S/C17H21NOS/c1-3-14(18)12-13-8-10-15(11-9-13)19-16-6-4-5-7-17(16)20-2/h4-11,14H,3,12,18H2,1-2H3. The first-order chi connectivity index (χ1) is 9.72. The van der Waals surface area contributed by atoms with Gasteiger partial charge in [-0.15, -0.1) is 11.8 Å². The van der Waals surface area contributed by atoms with E-state index in [2.05, 4.69) is 31.4 Å². The van der Waals surface area contributed by atoms with Crippen LogP contribution in [0.1, 0.15) is 18.9 Å². The van der Waals surface area contributed by atoms with E-state index < -0.39 is 0 Å². The molecular formula is C17H21NOS. The lowest BCUT2D eigenvalue weighted by Gasteiger charge is -2.11. The zero-order chi connectivity index (χ0) is 14.4. The van der Waals surface area contributed by atoms with Crippen LogP contribution in [0.2, 0.25) is 0 Å². The van der Waals surface area contributed by atoms with E-state index in [-0.39, 0.29) is 6.04 Å². The van der Waals surface area contributed by atoms with Gasteiger partial charge in [-0.2, -0.15) is 0 Å². The Hall–Kier alpha value is -1.45. The van der Waals surface area contributed by atoms with E-state index in [1.165, 1.54) is 5.56 Å². The fraction of sp³-hybridized carbons (Fsp3) is 0.294. The second kappa shape index (κ2) is 7.36. The first-order valence-electron chi connectivity index (χ1n) is 6.88. The molecule has 2 nitrogen and oxygen atoms in total. The van der Waals surface area contributed by atoms with Crippen LogP contribution < -0.4 is 10.5 Å². The molecule has 0 saturated heterocycles. The van der Waals surface area contributed by atoms with Gasteiger partial charge in [-0.1, -0.05) is 31.2 Å². The monoisotopic (exact) mass is 287 g/mol. The number of para-hydroxylation sites is 1. The van der Waals surface area contributed by atoms with Gasteiger partial charge in [0, 0.05) is 10.9 Å². The fourth-order valence-electron chi connectivity index (χ4n) is 1.97. The smallest absolute Gasteiger partial charge is 0.140 e. The molecular weight excluding hydrogens is 266 g/mol. The van der Waals surface area contributed by atoms with Crippen LogP contribution in [0.3, 0.4) is 0 Å². The van der Waals surface area contributed by atoms with Crippen molar-refractivity contribution in [2.45, 2.75) is 30.7 Å². The molecule has 0 saturated carbocycles. The van der Waals surface area contributed by atoms with Crippen LogP contribution in [-0.4, -0.2) is 12.3 Å². The Morgan fingerprint density at radius 1 is 1.10 bits per heavy atom. The second-order valence-corrected chi connectivity index (χ2v) is 5.62. The Bertz CT molecular complexity index is 539. The molecule has 0 spiro atoms. The average molecular weight is 287 g/mol. The third kappa shape index (κ3) is 4.02. The molecule has 0 heterocycles. The molecule has 0 aromatic heterocycles. The molecule has 0 radical (unpaired) electrons. The lowest BCUT2D eigenvalue weighted by molar-refractivity contribution is 0.471. The molecule has 2 N–H and O–H groups in total. The largest absolute Gasteiger partial charge is 0.456 e. The summed E-state index contributed by atoms with van der Waals surface area (Å²) in [6.45, 7) is 2.11. The van der Waals surface area contributed by atoms with E-state index in [1.807, 2.05) is 30.3 Å². The van der Waals surface area contributed by atoms with E-state index in [9.17, 15) is 0 Å². The van der Waals surface area contributed by atoms with Crippen LogP contribution in [0, 0.1) is 0 Å². The van der Waals surface area contributed by atoms with Crippen molar-refractivity contribution in [3.05, 3.63) is 54.1 Å². The maximum absolute atomic E-state index is 5.97. The molecule has 2 aromatic rings. The molecule has 106 valence electrons. The summed E-state index contributed by atoms with van der Waals surface area (Å²) in [6, 6.07) is 16.5. The summed E-state index contributed by atoms with van der Waals surface area (Å²) in [4.78, 5) is 1.14. The summed E-state index contributed by atoms with van der Waals surface area (Å²) in [6.07, 6.45) is 3.97. The number of rotatable bonds is 6. The van der Waals surface area contributed by atoms with Gasteiger partial charge in [0.25, 0.3) is 0 Å². The van der Waals surface area contributed by atoms with Crippen LogP contribution in [-0.2, 0) is 6.42 Å². The van der Waals surface area contributed by atoms with Gasteiger partial charge < -0.3 is 10.5 Å². The zero-order valence-electron chi connectivity index (χ0n) is 12.0. The Morgan fingerprint density at radius 3 is 2.45 bits per heavy atom. The van der Waals surface area contributed by atoms with Crippen LogP contribution in [0.5, 0.6) is 11.5 Å². The molecule has 0 aliphatic heterocycles. The van der Waals surface area contributed by atoms with Crippen molar-refractivity contribution in [2.75, 3.05) is 6.26 Å². The van der Waals surface area contributed by atoms with Crippen LogP contribution in [0.4, 0.5) is 0 Å². The predicted octanol–water partition coefficient (Wildman–Crippen LogP) is 4.48. The number of hydrogen-bond acceptors (Lipinski definition) is 3. The van der Waals surface area contributed by atoms with Gasteiger partial charge in [-0.3, -0.25) is 0 Å². The SMILES string of the molecule is CCC(N)Cc1ccc(Oc2ccccc2SC)cc1. The highest BCUT2D eigenvalue weighted by atomic mass is 32.2. The Balaban J connectivity index is 2.07. The minimum Gasteiger partial charge on any atom is -0.456 e. The Morgan fingerprint density at radius 2 is 1.80 bits per heavy atom. The van der Waals surface area contributed by atoms with E-state index in [1.54, 1.807) is 11.8 Å². The summed E-state index contributed by atoms with van der Waals surface area (Å²) in [5.74, 6) is 1.76. The van der Waals surface area contributed by atoms with Crippen molar-refractivity contribution in [1.29, 1.82) is 0 Å². The van der Waals surface area contributed by atoms with E-state index in [4.69, 9.17) is 10.5 Å². The number of ether oxygens (including phenoxy) is 1. The van der Waals surface area contributed by atoms with Gasteiger partial charge in [-0.05, 0) is 48.9 Å². The fourth-order valence-corrected chi connectivity index (χ4v) is 2.50. The third-order valence-corrected chi connectivity index (χ3v) is 4.02. The number of thioether (sulfide) groups is 1. The van der Waals surface area contributed by atoms with Crippen molar-refractivity contribution < 1.29 is 4.74 Å². The molecule has 20 heavy (non-hydrogen) atoms. The van der Waals surface area contributed by atoms with Gasteiger partial charge in [0.15, 0.2) is 0 Å². The number of nitrogens with two attached hydrogens (primary N) is 1. The Labute approximate surface area is 125 Å². The Kier molecular flexibility index (Phi) is 5.50. The van der Waals surface area contributed by atoms with Gasteiger partial charge >= 0.3 is 0 Å². The highest BCUT2D eigenvalue weighted by Gasteiger charge is 2.05. The van der Waals surface area contributed by atoms with Crippen LogP contribution >= 0.6 is 11.8 Å². The highest BCUT2D eigenvalue weighted by Crippen LogP contribution is 2.31. The van der Waals surface area contributed by atoms with E-state index in [0.29, 0.717) is 0 Å². The van der Waals surface area contributed by atoms with Crippen molar-refractivity contribution in [3.8, 4) is 11.5 Å². The molecule has 0 fully saturated rings. The molecule has 3 heteroatoms. The van der Waals surface area contributed by atoms with Crippen molar-refractivity contribution >= 4 is 11.8 Å². The van der Waals surface area contributed by atoms with Gasteiger partial charge in [0.1, 0.15) is 11.5 Å². The summed E-state index contributed by atoms with van der Waals surface area (Å²) in [7, 11) is 0. The number of benzene rings is 2. The zero-order valence-corrected chi connectivity index (χ0v) is 12.8. The third-order valence-electron chi connectivity index (χ3n) is 3.24. The maximum Gasteiger partial charge on any atom is 0.140 e. The summed E-state index contributed by atoms with van der Waals surface area (Å²) in [5, 5.41) is 0. The van der Waals surface area contributed by atoms with Crippen LogP contribution in [0.15, 0.2) is 53.4 Å².